The van der Waals surface area contributed by atoms with E-state index >= 15 is 0 Å². The normalized spacial score (nSPS) is 56.3. The van der Waals surface area contributed by atoms with Gasteiger partial charge >= 0.3 is 0 Å². The molecule has 2 heteroatoms. The van der Waals surface area contributed by atoms with Crippen molar-refractivity contribution in [3.8, 4) is 0 Å². The van der Waals surface area contributed by atoms with Crippen LogP contribution in [0.25, 0.3) is 0 Å². The Morgan fingerprint density at radius 2 is 1.55 bits per heavy atom. The molecular formula is C31H52O2. The number of rotatable bonds is 2. The molecule has 5 saturated carbocycles. The Hall–Kier alpha value is -0.340. The van der Waals surface area contributed by atoms with Crippen LogP contribution in [0.3, 0.4) is 0 Å². The lowest BCUT2D eigenvalue weighted by molar-refractivity contribution is -0.247. The average Bonchev–Trinajstić information content (AvgIpc) is 3.07. The smallest absolute Gasteiger partial charge is 0.0930 e. The molecule has 33 heavy (non-hydrogen) atoms. The molecule has 0 heterocycles. The molecule has 5 fully saturated rings. The second kappa shape index (κ2) is 7.12. The highest BCUT2D eigenvalue weighted by atomic mass is 16.4. The lowest BCUT2D eigenvalue weighted by Crippen LogP contribution is -2.66. The van der Waals surface area contributed by atoms with Crippen LogP contribution in [0, 0.1) is 51.2 Å². The van der Waals surface area contributed by atoms with Gasteiger partial charge in [-0.3, -0.25) is 0 Å². The fourth-order valence-electron chi connectivity index (χ4n) is 11.2. The number of fused-ring (bicyclic) bond motifs is 7. The molecule has 0 saturated heterocycles. The number of hydrogen-bond acceptors (Lipinski definition) is 2. The van der Waals surface area contributed by atoms with Crippen molar-refractivity contribution in [3.63, 3.8) is 0 Å². The van der Waals surface area contributed by atoms with E-state index in [9.17, 15) is 10.2 Å². The maximum Gasteiger partial charge on any atom is 0.0930 e. The van der Waals surface area contributed by atoms with E-state index in [0.29, 0.717) is 27.6 Å². The summed E-state index contributed by atoms with van der Waals surface area (Å²) < 4.78 is 0. The predicted octanol–water partition coefficient (Wildman–Crippen LogP) is 7.53. The van der Waals surface area contributed by atoms with Gasteiger partial charge in [0.15, 0.2) is 0 Å². The van der Waals surface area contributed by atoms with Gasteiger partial charge in [0.2, 0.25) is 0 Å². The molecule has 0 spiro atoms. The Labute approximate surface area is 204 Å². The summed E-state index contributed by atoms with van der Waals surface area (Å²) in [6.07, 6.45) is 13.4. The molecule has 2 N–H and O–H groups in total. The van der Waals surface area contributed by atoms with Crippen LogP contribution >= 0.6 is 0 Å². The largest absolute Gasteiger partial charge is 0.387 e. The lowest BCUT2D eigenvalue weighted by Gasteiger charge is -2.72. The molecule has 5 aliphatic rings. The maximum absolute atomic E-state index is 11.4. The van der Waals surface area contributed by atoms with Crippen molar-refractivity contribution in [3.05, 3.63) is 12.2 Å². The Balaban J connectivity index is 1.49. The molecular weight excluding hydrogens is 404 g/mol. The van der Waals surface area contributed by atoms with E-state index in [1.807, 2.05) is 13.8 Å². The third-order valence-electron chi connectivity index (χ3n) is 13.7. The second-order valence-corrected chi connectivity index (χ2v) is 15.3. The molecule has 2 nitrogen and oxygen atoms in total. The summed E-state index contributed by atoms with van der Waals surface area (Å²) >= 11 is 0. The summed E-state index contributed by atoms with van der Waals surface area (Å²) in [5, 5.41) is 22.2. The summed E-state index contributed by atoms with van der Waals surface area (Å²) in [6, 6.07) is 0. The van der Waals surface area contributed by atoms with Gasteiger partial charge in [-0.1, -0.05) is 39.8 Å². The van der Waals surface area contributed by atoms with Gasteiger partial charge in [0.1, 0.15) is 0 Å². The van der Waals surface area contributed by atoms with Crippen LogP contribution in [0.1, 0.15) is 119 Å². The first kappa shape index (κ1) is 24.4. The van der Waals surface area contributed by atoms with Crippen molar-refractivity contribution in [2.24, 2.45) is 51.2 Å². The van der Waals surface area contributed by atoms with Gasteiger partial charge in [0.25, 0.3) is 0 Å². The van der Waals surface area contributed by atoms with Gasteiger partial charge in [0.05, 0.1) is 11.2 Å². The van der Waals surface area contributed by atoms with E-state index < -0.39 is 11.2 Å². The van der Waals surface area contributed by atoms with Crippen molar-refractivity contribution in [2.45, 2.75) is 130 Å². The molecule has 0 aromatic carbocycles. The molecule has 0 unspecified atom stereocenters. The van der Waals surface area contributed by atoms with E-state index in [1.54, 1.807) is 0 Å². The fourth-order valence-corrected chi connectivity index (χ4v) is 11.2. The van der Waals surface area contributed by atoms with Gasteiger partial charge in [-0.25, -0.2) is 0 Å². The van der Waals surface area contributed by atoms with Crippen LogP contribution in [0.15, 0.2) is 12.2 Å². The molecule has 5 rings (SSSR count). The van der Waals surface area contributed by atoms with Gasteiger partial charge in [0, 0.05) is 0 Å². The highest BCUT2D eigenvalue weighted by Gasteiger charge is 2.69. The van der Waals surface area contributed by atoms with Gasteiger partial charge in [-0.15, -0.1) is 0 Å². The SMILES string of the molecule is C=C(C)[C@H]1CC[C@@]2(C)CC[C@@]3(C)[C@@H](CC[C@@H]4[C@]5(C)CC[C@](O)(C(C)(C)O)C[C@@H]5CC[C@@]43C)[C@H]12. The third-order valence-corrected chi connectivity index (χ3v) is 13.7. The van der Waals surface area contributed by atoms with Gasteiger partial charge in [-0.2, -0.15) is 0 Å². The van der Waals surface area contributed by atoms with Gasteiger partial charge in [-0.05, 0) is 143 Å². The van der Waals surface area contributed by atoms with Crippen LogP contribution in [-0.2, 0) is 0 Å². The predicted molar refractivity (Wildman–Crippen MR) is 137 cm³/mol. The Morgan fingerprint density at radius 1 is 0.848 bits per heavy atom. The molecule has 188 valence electrons. The molecule has 0 aliphatic heterocycles. The molecule has 0 radical (unpaired) electrons. The minimum atomic E-state index is -1.02. The molecule has 0 amide bonds. The first-order valence-corrected chi connectivity index (χ1v) is 14.2. The third kappa shape index (κ3) is 3.04. The van der Waals surface area contributed by atoms with Crippen molar-refractivity contribution >= 4 is 0 Å². The van der Waals surface area contributed by atoms with Crippen molar-refractivity contribution < 1.29 is 10.2 Å². The lowest BCUT2D eigenvalue weighted by atomic mass is 9.33. The van der Waals surface area contributed by atoms with Crippen molar-refractivity contribution in [2.75, 3.05) is 0 Å². The van der Waals surface area contributed by atoms with E-state index in [-0.39, 0.29) is 0 Å². The standard InChI is InChI=1S/C31H52O2/c1-20(2)22-12-13-27(5)15-17-29(7)23(25(22)27)9-10-24-28(6)16-18-31(33,26(3,4)32)19-21(28)11-14-30(24,29)8/h21-25,32-33H,1,9-19H2,2-8H3/t21-,22+,23-,24+,25-,27-,28+,29-,30-,31+/m0/s1. The molecule has 10 atom stereocenters. The highest BCUT2D eigenvalue weighted by Crippen LogP contribution is 2.76. The minimum absolute atomic E-state index is 0.294. The van der Waals surface area contributed by atoms with Crippen molar-refractivity contribution in [1.29, 1.82) is 0 Å². The van der Waals surface area contributed by atoms with Gasteiger partial charge < -0.3 is 10.2 Å². The van der Waals surface area contributed by atoms with Crippen LogP contribution in [0.4, 0.5) is 0 Å². The molecule has 5 aliphatic carbocycles. The second-order valence-electron chi connectivity index (χ2n) is 15.3. The first-order chi connectivity index (χ1) is 15.1. The molecule has 0 aromatic rings. The summed E-state index contributed by atoms with van der Waals surface area (Å²) in [7, 11) is 0. The minimum Gasteiger partial charge on any atom is -0.387 e. The summed E-state index contributed by atoms with van der Waals surface area (Å²) in [6.45, 7) is 21.0. The zero-order valence-electron chi connectivity index (χ0n) is 22.8. The maximum atomic E-state index is 11.4. The van der Waals surface area contributed by atoms with E-state index in [2.05, 4.69) is 41.2 Å². The topological polar surface area (TPSA) is 40.5 Å². The van der Waals surface area contributed by atoms with E-state index in [1.165, 1.54) is 56.9 Å². The summed E-state index contributed by atoms with van der Waals surface area (Å²) in [5.74, 6) is 3.65. The zero-order chi connectivity index (χ0) is 24.2. The zero-order valence-corrected chi connectivity index (χ0v) is 22.8. The summed E-state index contributed by atoms with van der Waals surface area (Å²) in [4.78, 5) is 0. The van der Waals surface area contributed by atoms with Crippen LogP contribution in [-0.4, -0.2) is 21.4 Å². The quantitative estimate of drug-likeness (QED) is 0.422. The Kier molecular flexibility index (Phi) is 5.25. The highest BCUT2D eigenvalue weighted by molar-refractivity contribution is 5.20. The fraction of sp³-hybridized carbons (Fsp3) is 0.935. The Morgan fingerprint density at radius 3 is 2.18 bits per heavy atom. The number of hydrogen-bond donors (Lipinski definition) is 2. The van der Waals surface area contributed by atoms with Crippen LogP contribution in [0.2, 0.25) is 0 Å². The van der Waals surface area contributed by atoms with Crippen LogP contribution in [0.5, 0.6) is 0 Å². The monoisotopic (exact) mass is 456 g/mol. The molecule has 0 bridgehead atoms. The summed E-state index contributed by atoms with van der Waals surface area (Å²) in [5.41, 5.74) is 1.10. The molecule has 0 aromatic heterocycles. The van der Waals surface area contributed by atoms with E-state index in [4.69, 9.17) is 0 Å². The number of allylic oxidation sites excluding steroid dienone is 1. The number of aliphatic hydroxyl groups is 2. The van der Waals surface area contributed by atoms with Crippen molar-refractivity contribution in [1.82, 2.24) is 0 Å². The van der Waals surface area contributed by atoms with Crippen LogP contribution < -0.4 is 0 Å². The van der Waals surface area contributed by atoms with E-state index in [0.717, 1.165) is 42.9 Å². The first-order valence-electron chi connectivity index (χ1n) is 14.2. The Bertz CT molecular complexity index is 825. The average molecular weight is 457 g/mol.